The maximum atomic E-state index is 12.0. The fraction of sp³-hybridized carbons (Fsp3) is 1.00. The molecular weight excluding hydrogens is 186 g/mol. The van der Waals surface area contributed by atoms with E-state index in [4.69, 9.17) is 5.73 Å². The normalized spacial score (nSPS) is 27.9. The smallest absolute Gasteiger partial charge is 0.251 e. The molecule has 0 aromatic carbocycles. The van der Waals surface area contributed by atoms with Crippen LogP contribution < -0.4 is 5.73 Å². The van der Waals surface area contributed by atoms with Gasteiger partial charge < -0.3 is 10.6 Å². The third-order valence-electron chi connectivity index (χ3n) is 3.05. The molecule has 0 amide bonds. The van der Waals surface area contributed by atoms with Crippen LogP contribution in [0.1, 0.15) is 25.7 Å². The van der Waals surface area contributed by atoms with E-state index in [1.807, 2.05) is 0 Å². The summed E-state index contributed by atoms with van der Waals surface area (Å²) in [5.74, 6) is 0.551. The number of hydrogen-bond acceptors (Lipinski definition) is 2. The molecule has 0 radical (unpaired) electrons. The molecule has 2 nitrogen and oxygen atoms in total. The van der Waals surface area contributed by atoms with Crippen LogP contribution in [-0.4, -0.2) is 37.5 Å². The van der Waals surface area contributed by atoms with Crippen LogP contribution in [0.25, 0.3) is 0 Å². The van der Waals surface area contributed by atoms with Crippen molar-refractivity contribution >= 4 is 0 Å². The number of halogens is 2. The highest BCUT2D eigenvalue weighted by atomic mass is 19.3. The Morgan fingerprint density at radius 2 is 2.14 bits per heavy atom. The monoisotopic (exact) mass is 206 g/mol. The molecule has 2 unspecified atom stereocenters. The summed E-state index contributed by atoms with van der Waals surface area (Å²) < 4.78 is 24.0. The molecule has 0 heterocycles. The van der Waals surface area contributed by atoms with E-state index in [0.29, 0.717) is 12.0 Å². The van der Waals surface area contributed by atoms with Gasteiger partial charge in [0, 0.05) is 6.04 Å². The second kappa shape index (κ2) is 5.61. The van der Waals surface area contributed by atoms with Gasteiger partial charge in [-0.1, -0.05) is 6.42 Å². The van der Waals surface area contributed by atoms with E-state index in [-0.39, 0.29) is 6.54 Å². The van der Waals surface area contributed by atoms with Gasteiger partial charge in [0.1, 0.15) is 0 Å². The maximum Gasteiger partial charge on any atom is 0.251 e. The number of hydrogen-bond donors (Lipinski definition) is 1. The van der Waals surface area contributed by atoms with Crippen molar-refractivity contribution in [3.05, 3.63) is 0 Å². The Labute approximate surface area is 84.4 Å². The first kappa shape index (κ1) is 11.9. The highest BCUT2D eigenvalue weighted by molar-refractivity contribution is 4.80. The van der Waals surface area contributed by atoms with Crippen molar-refractivity contribution in [2.45, 2.75) is 38.2 Å². The molecule has 1 aliphatic rings. The van der Waals surface area contributed by atoms with Crippen molar-refractivity contribution < 1.29 is 8.78 Å². The lowest BCUT2D eigenvalue weighted by atomic mass is 10.0. The molecule has 0 aromatic rings. The number of rotatable bonds is 5. The van der Waals surface area contributed by atoms with Crippen LogP contribution in [0.5, 0.6) is 0 Å². The predicted molar refractivity (Wildman–Crippen MR) is 53.4 cm³/mol. The fourth-order valence-corrected chi connectivity index (χ4v) is 2.14. The van der Waals surface area contributed by atoms with Gasteiger partial charge in [0.15, 0.2) is 0 Å². The van der Waals surface area contributed by atoms with Gasteiger partial charge in [0.25, 0.3) is 6.43 Å². The lowest BCUT2D eigenvalue weighted by Gasteiger charge is -2.20. The summed E-state index contributed by atoms with van der Waals surface area (Å²) >= 11 is 0. The largest absolute Gasteiger partial charge is 0.327 e. The van der Waals surface area contributed by atoms with Crippen LogP contribution in [0.3, 0.4) is 0 Å². The molecule has 0 saturated heterocycles. The zero-order chi connectivity index (χ0) is 10.6. The minimum atomic E-state index is -2.22. The van der Waals surface area contributed by atoms with Crippen molar-refractivity contribution in [2.24, 2.45) is 11.7 Å². The third-order valence-corrected chi connectivity index (χ3v) is 3.05. The third kappa shape index (κ3) is 3.88. The molecule has 0 aliphatic heterocycles. The van der Waals surface area contributed by atoms with Crippen LogP contribution in [-0.2, 0) is 0 Å². The molecule has 1 aliphatic carbocycles. The lowest BCUT2D eigenvalue weighted by Crippen LogP contribution is -2.31. The van der Waals surface area contributed by atoms with Gasteiger partial charge in [0.05, 0.1) is 6.54 Å². The van der Waals surface area contributed by atoms with Gasteiger partial charge in [-0.05, 0) is 38.8 Å². The van der Waals surface area contributed by atoms with Crippen molar-refractivity contribution in [2.75, 3.05) is 20.1 Å². The fourth-order valence-electron chi connectivity index (χ4n) is 2.14. The summed E-state index contributed by atoms with van der Waals surface area (Å²) in [6.07, 6.45) is 2.21. The molecule has 4 heteroatoms. The molecule has 2 N–H and O–H groups in total. The SMILES string of the molecule is CN(CCC1CCCC1N)CC(F)F. The van der Waals surface area contributed by atoms with E-state index in [0.717, 1.165) is 19.4 Å². The average Bonchev–Trinajstić information content (AvgIpc) is 2.46. The van der Waals surface area contributed by atoms with E-state index in [1.54, 1.807) is 11.9 Å². The van der Waals surface area contributed by atoms with Gasteiger partial charge in [-0.2, -0.15) is 0 Å². The van der Waals surface area contributed by atoms with Crippen LogP contribution in [0.4, 0.5) is 8.78 Å². The molecule has 2 atom stereocenters. The summed E-state index contributed by atoms with van der Waals surface area (Å²) in [6, 6.07) is 0.301. The highest BCUT2D eigenvalue weighted by Crippen LogP contribution is 2.26. The van der Waals surface area contributed by atoms with Crippen LogP contribution in [0.15, 0.2) is 0 Å². The number of nitrogens with two attached hydrogens (primary N) is 1. The zero-order valence-electron chi connectivity index (χ0n) is 8.76. The molecule has 0 aromatic heterocycles. The van der Waals surface area contributed by atoms with Crippen molar-refractivity contribution in [3.63, 3.8) is 0 Å². The summed E-state index contributed by atoms with van der Waals surface area (Å²) in [6.45, 7) is 0.616. The Bertz CT molecular complexity index is 164. The number of alkyl halides is 2. The summed E-state index contributed by atoms with van der Waals surface area (Å²) in [5, 5.41) is 0. The van der Waals surface area contributed by atoms with E-state index in [1.165, 1.54) is 12.8 Å². The minimum Gasteiger partial charge on any atom is -0.327 e. The molecular formula is C10H20F2N2. The molecule has 0 bridgehead atoms. The maximum absolute atomic E-state index is 12.0. The van der Waals surface area contributed by atoms with Crippen LogP contribution in [0, 0.1) is 5.92 Å². The van der Waals surface area contributed by atoms with Gasteiger partial charge in [-0.3, -0.25) is 0 Å². The van der Waals surface area contributed by atoms with Crippen LogP contribution in [0.2, 0.25) is 0 Å². The molecule has 84 valence electrons. The second-order valence-corrected chi connectivity index (χ2v) is 4.30. The first-order valence-corrected chi connectivity index (χ1v) is 5.32. The van der Waals surface area contributed by atoms with Crippen molar-refractivity contribution in [1.82, 2.24) is 4.90 Å². The Balaban J connectivity index is 2.13. The van der Waals surface area contributed by atoms with E-state index in [2.05, 4.69) is 0 Å². The first-order valence-electron chi connectivity index (χ1n) is 5.32. The molecule has 1 saturated carbocycles. The van der Waals surface area contributed by atoms with Crippen molar-refractivity contribution in [1.29, 1.82) is 0 Å². The number of nitrogens with zero attached hydrogens (tertiary/aromatic N) is 1. The summed E-state index contributed by atoms with van der Waals surface area (Å²) in [7, 11) is 1.74. The quantitative estimate of drug-likeness (QED) is 0.742. The van der Waals surface area contributed by atoms with E-state index < -0.39 is 6.43 Å². The Morgan fingerprint density at radius 3 is 2.64 bits per heavy atom. The summed E-state index contributed by atoms with van der Waals surface area (Å²) in [4.78, 5) is 1.69. The molecule has 1 rings (SSSR count). The molecule has 0 spiro atoms. The van der Waals surface area contributed by atoms with Gasteiger partial charge >= 0.3 is 0 Å². The average molecular weight is 206 g/mol. The first-order chi connectivity index (χ1) is 6.59. The Hall–Kier alpha value is -0.220. The second-order valence-electron chi connectivity index (χ2n) is 4.30. The minimum absolute atomic E-state index is 0.123. The standard InChI is InChI=1S/C10H20F2N2/c1-14(7-10(11)12)6-5-8-3-2-4-9(8)13/h8-10H,2-7,13H2,1H3. The van der Waals surface area contributed by atoms with Gasteiger partial charge in [0.2, 0.25) is 0 Å². The lowest BCUT2D eigenvalue weighted by molar-refractivity contribution is 0.0974. The summed E-state index contributed by atoms with van der Waals surface area (Å²) in [5.41, 5.74) is 5.90. The zero-order valence-corrected chi connectivity index (χ0v) is 8.76. The van der Waals surface area contributed by atoms with Gasteiger partial charge in [-0.15, -0.1) is 0 Å². The van der Waals surface area contributed by atoms with E-state index >= 15 is 0 Å². The Kier molecular flexibility index (Phi) is 4.75. The molecule has 14 heavy (non-hydrogen) atoms. The van der Waals surface area contributed by atoms with Crippen molar-refractivity contribution in [3.8, 4) is 0 Å². The predicted octanol–water partition coefficient (Wildman–Crippen LogP) is 1.70. The molecule has 1 fully saturated rings. The topological polar surface area (TPSA) is 29.3 Å². The van der Waals surface area contributed by atoms with E-state index in [9.17, 15) is 8.78 Å². The Morgan fingerprint density at radius 1 is 1.43 bits per heavy atom. The van der Waals surface area contributed by atoms with Gasteiger partial charge in [-0.25, -0.2) is 8.78 Å². The van der Waals surface area contributed by atoms with Crippen LogP contribution >= 0.6 is 0 Å². The highest BCUT2D eigenvalue weighted by Gasteiger charge is 2.23.